The molecule has 0 aliphatic carbocycles. The second-order valence-corrected chi connectivity index (χ2v) is 4.97. The number of hydrogen-bond donors (Lipinski definition) is 1. The zero-order valence-electron chi connectivity index (χ0n) is 9.30. The van der Waals surface area contributed by atoms with Crippen molar-refractivity contribution in [1.29, 1.82) is 0 Å². The van der Waals surface area contributed by atoms with E-state index >= 15 is 0 Å². The maximum atomic E-state index is 11.6. The summed E-state index contributed by atoms with van der Waals surface area (Å²) in [5, 5.41) is 8.29. The van der Waals surface area contributed by atoms with Gasteiger partial charge in [0.2, 0.25) is 0 Å². The van der Waals surface area contributed by atoms with Crippen molar-refractivity contribution in [2.45, 2.75) is 13.8 Å². The number of fused-ring (bicyclic) bond motifs is 1. The number of rotatable bonds is 3. The van der Waals surface area contributed by atoms with E-state index in [1.54, 1.807) is 6.07 Å². The standard InChI is InChI=1S/C11H10ClIN2O2/c1-3-17-10-6(5(2)16)4-7(12)8-9(10)14-15-11(8)13/h4H,3H2,1-2H3,(H,14,15). The second kappa shape index (κ2) is 4.81. The lowest BCUT2D eigenvalue weighted by molar-refractivity contribution is 0.101. The minimum Gasteiger partial charge on any atom is -0.491 e. The van der Waals surface area contributed by atoms with Gasteiger partial charge in [-0.25, -0.2) is 0 Å². The zero-order valence-corrected chi connectivity index (χ0v) is 12.2. The van der Waals surface area contributed by atoms with Crippen molar-refractivity contribution >= 4 is 50.9 Å². The Morgan fingerprint density at radius 1 is 1.65 bits per heavy atom. The third-order valence-electron chi connectivity index (χ3n) is 2.36. The summed E-state index contributed by atoms with van der Waals surface area (Å²) in [4.78, 5) is 11.6. The van der Waals surface area contributed by atoms with Gasteiger partial charge >= 0.3 is 0 Å². The maximum absolute atomic E-state index is 11.6. The Hall–Kier alpha value is -0.820. The molecule has 0 saturated carbocycles. The molecule has 2 rings (SSSR count). The van der Waals surface area contributed by atoms with Crippen molar-refractivity contribution in [3.05, 3.63) is 20.4 Å². The first-order chi connectivity index (χ1) is 8.06. The molecule has 0 atom stereocenters. The fourth-order valence-electron chi connectivity index (χ4n) is 1.65. The van der Waals surface area contributed by atoms with Crippen LogP contribution in [0.5, 0.6) is 5.75 Å². The molecule has 1 N–H and O–H groups in total. The SMILES string of the molecule is CCOc1c(C(C)=O)cc(Cl)c2c(I)[nH]nc12. The number of aromatic amines is 1. The summed E-state index contributed by atoms with van der Waals surface area (Å²) in [6.45, 7) is 3.82. The number of halogens is 2. The van der Waals surface area contributed by atoms with E-state index in [1.807, 2.05) is 6.92 Å². The molecule has 0 unspecified atom stereocenters. The Morgan fingerprint density at radius 2 is 2.35 bits per heavy atom. The van der Waals surface area contributed by atoms with E-state index in [-0.39, 0.29) is 5.78 Å². The third kappa shape index (κ3) is 2.13. The number of H-pyrrole nitrogens is 1. The van der Waals surface area contributed by atoms with Gasteiger partial charge in [0.1, 0.15) is 9.22 Å². The van der Waals surface area contributed by atoms with E-state index < -0.39 is 0 Å². The number of hydrogen-bond acceptors (Lipinski definition) is 3. The van der Waals surface area contributed by atoms with Crippen LogP contribution in [-0.2, 0) is 0 Å². The van der Waals surface area contributed by atoms with Crippen molar-refractivity contribution in [2.24, 2.45) is 0 Å². The predicted molar refractivity (Wildman–Crippen MR) is 75.0 cm³/mol. The highest BCUT2D eigenvalue weighted by Gasteiger charge is 2.19. The Bertz CT molecular complexity index is 595. The summed E-state index contributed by atoms with van der Waals surface area (Å²) in [7, 11) is 0. The quantitative estimate of drug-likeness (QED) is 0.671. The van der Waals surface area contributed by atoms with Crippen molar-refractivity contribution in [1.82, 2.24) is 10.2 Å². The molecule has 0 radical (unpaired) electrons. The van der Waals surface area contributed by atoms with E-state index in [9.17, 15) is 4.79 Å². The average Bonchev–Trinajstić information content (AvgIpc) is 2.65. The van der Waals surface area contributed by atoms with Gasteiger partial charge in [-0.05, 0) is 42.5 Å². The fraction of sp³-hybridized carbons (Fsp3) is 0.273. The van der Waals surface area contributed by atoms with Crippen molar-refractivity contribution in [3.63, 3.8) is 0 Å². The van der Waals surface area contributed by atoms with Crippen LogP contribution in [0.15, 0.2) is 6.07 Å². The highest BCUT2D eigenvalue weighted by Crippen LogP contribution is 2.36. The Kier molecular flexibility index (Phi) is 3.58. The third-order valence-corrected chi connectivity index (χ3v) is 3.44. The minimum atomic E-state index is -0.0877. The largest absolute Gasteiger partial charge is 0.491 e. The molecule has 0 amide bonds. The molecule has 0 fully saturated rings. The number of ketones is 1. The molecule has 1 aromatic carbocycles. The lowest BCUT2D eigenvalue weighted by Crippen LogP contribution is -2.01. The van der Waals surface area contributed by atoms with E-state index in [0.29, 0.717) is 28.5 Å². The summed E-state index contributed by atoms with van der Waals surface area (Å²) in [6.07, 6.45) is 0. The highest BCUT2D eigenvalue weighted by molar-refractivity contribution is 14.1. The first-order valence-corrected chi connectivity index (χ1v) is 6.51. The van der Waals surface area contributed by atoms with Gasteiger partial charge in [0, 0.05) is 0 Å². The van der Waals surface area contributed by atoms with Crippen molar-refractivity contribution in [3.8, 4) is 5.75 Å². The molecule has 1 aromatic heterocycles. The number of benzene rings is 1. The van der Waals surface area contributed by atoms with Crippen LogP contribution in [0, 0.1) is 3.70 Å². The normalized spacial score (nSPS) is 10.8. The Labute approximate surface area is 117 Å². The number of ether oxygens (including phenoxy) is 1. The minimum absolute atomic E-state index is 0.0877. The van der Waals surface area contributed by atoms with E-state index in [0.717, 1.165) is 9.09 Å². The van der Waals surface area contributed by atoms with E-state index in [1.165, 1.54) is 6.92 Å². The summed E-state index contributed by atoms with van der Waals surface area (Å²) >= 11 is 8.26. The van der Waals surface area contributed by atoms with E-state index in [4.69, 9.17) is 16.3 Å². The van der Waals surface area contributed by atoms with Gasteiger partial charge in [-0.1, -0.05) is 11.6 Å². The second-order valence-electron chi connectivity index (χ2n) is 3.49. The molecule has 2 aromatic rings. The Morgan fingerprint density at radius 3 is 2.94 bits per heavy atom. The van der Waals surface area contributed by atoms with Crippen LogP contribution in [-0.4, -0.2) is 22.6 Å². The number of nitrogens with zero attached hydrogens (tertiary/aromatic N) is 1. The number of aromatic nitrogens is 2. The molecule has 1 heterocycles. The highest BCUT2D eigenvalue weighted by atomic mass is 127. The lowest BCUT2D eigenvalue weighted by Gasteiger charge is -2.09. The van der Waals surface area contributed by atoms with Crippen LogP contribution in [0.1, 0.15) is 24.2 Å². The molecule has 6 heteroatoms. The van der Waals surface area contributed by atoms with Crippen molar-refractivity contribution in [2.75, 3.05) is 6.61 Å². The molecule has 0 saturated heterocycles. The first kappa shape index (κ1) is 12.6. The average molecular weight is 365 g/mol. The van der Waals surface area contributed by atoms with E-state index in [2.05, 4.69) is 32.8 Å². The monoisotopic (exact) mass is 364 g/mol. The van der Waals surface area contributed by atoms with Gasteiger partial charge in [-0.15, -0.1) is 0 Å². The number of carbonyl (C=O) groups is 1. The Balaban J connectivity index is 2.83. The summed E-state index contributed by atoms with van der Waals surface area (Å²) in [5.74, 6) is 0.411. The topological polar surface area (TPSA) is 55.0 Å². The molecule has 0 bridgehead atoms. The van der Waals surface area contributed by atoms with Gasteiger partial charge in [-0.2, -0.15) is 5.10 Å². The predicted octanol–water partition coefficient (Wildman–Crippen LogP) is 3.42. The van der Waals surface area contributed by atoms with Crippen LogP contribution in [0.3, 0.4) is 0 Å². The van der Waals surface area contributed by atoms with Crippen LogP contribution >= 0.6 is 34.2 Å². The first-order valence-electron chi connectivity index (χ1n) is 5.06. The number of carbonyl (C=O) groups excluding carboxylic acids is 1. The fourth-order valence-corrected chi connectivity index (χ4v) is 2.77. The maximum Gasteiger partial charge on any atom is 0.163 e. The summed E-state index contributed by atoms with van der Waals surface area (Å²) < 4.78 is 6.35. The van der Waals surface area contributed by atoms with Gasteiger partial charge < -0.3 is 4.74 Å². The van der Waals surface area contributed by atoms with Gasteiger partial charge in [0.25, 0.3) is 0 Å². The van der Waals surface area contributed by atoms with Gasteiger partial charge in [-0.3, -0.25) is 9.89 Å². The molecule has 0 aliphatic heterocycles. The molecular weight excluding hydrogens is 354 g/mol. The van der Waals surface area contributed by atoms with Crippen molar-refractivity contribution < 1.29 is 9.53 Å². The zero-order chi connectivity index (χ0) is 12.6. The van der Waals surface area contributed by atoms with Crippen LogP contribution in [0.25, 0.3) is 10.9 Å². The molecular formula is C11H10ClIN2O2. The lowest BCUT2D eigenvalue weighted by atomic mass is 10.1. The molecule has 0 aliphatic rings. The molecule has 4 nitrogen and oxygen atoms in total. The number of nitrogens with one attached hydrogen (secondary N) is 1. The molecule has 90 valence electrons. The molecule has 17 heavy (non-hydrogen) atoms. The summed E-state index contributed by atoms with van der Waals surface area (Å²) in [6, 6.07) is 1.63. The van der Waals surface area contributed by atoms with Crippen LogP contribution in [0.2, 0.25) is 5.02 Å². The van der Waals surface area contributed by atoms with Gasteiger partial charge in [0.05, 0.1) is 22.6 Å². The smallest absolute Gasteiger partial charge is 0.163 e. The molecule has 0 spiro atoms. The van der Waals surface area contributed by atoms with Crippen LogP contribution in [0.4, 0.5) is 0 Å². The summed E-state index contributed by atoms with van der Waals surface area (Å²) in [5.41, 5.74) is 1.07. The number of Topliss-reactive ketones (excluding diaryl/α,β-unsaturated/α-hetero) is 1. The van der Waals surface area contributed by atoms with Crippen LogP contribution < -0.4 is 4.74 Å². The van der Waals surface area contributed by atoms with Gasteiger partial charge in [0.15, 0.2) is 11.5 Å².